The fraction of sp³-hybridized carbons (Fsp3) is 0.548. The molecule has 2 N–H and O–H groups in total. The van der Waals surface area contributed by atoms with Crippen LogP contribution in [-0.2, 0) is 16.1 Å². The summed E-state index contributed by atoms with van der Waals surface area (Å²) >= 11 is 12.3. The normalized spacial score (nSPS) is 21.0. The number of ether oxygens (including phenoxy) is 1. The molecule has 6 nitrogen and oxygen atoms in total. The van der Waals surface area contributed by atoms with Gasteiger partial charge in [0.2, 0.25) is 11.5 Å². The molecule has 0 heterocycles. The van der Waals surface area contributed by atoms with Gasteiger partial charge in [0.05, 0.1) is 17.3 Å². The molecule has 3 atom stereocenters. The monoisotopic (exact) mass is 576 g/mol. The Bertz CT molecular complexity index is 1190. The quantitative estimate of drug-likeness (QED) is 0.301. The minimum atomic E-state index is -1.34. The van der Waals surface area contributed by atoms with Crippen molar-refractivity contribution in [1.29, 1.82) is 0 Å². The lowest BCUT2D eigenvalue weighted by Gasteiger charge is -2.35. The van der Waals surface area contributed by atoms with Gasteiger partial charge in [-0.25, -0.2) is 4.79 Å². The van der Waals surface area contributed by atoms with Crippen LogP contribution in [0, 0.1) is 24.2 Å². The third kappa shape index (κ3) is 8.36. The number of rotatable bonds is 10. The molecular weight excluding hydrogens is 535 g/mol. The van der Waals surface area contributed by atoms with Crippen LogP contribution in [0.2, 0.25) is 10.0 Å². The van der Waals surface area contributed by atoms with Crippen molar-refractivity contribution in [3.8, 4) is 5.75 Å². The molecule has 0 aliphatic heterocycles. The Morgan fingerprint density at radius 2 is 1.69 bits per heavy atom. The van der Waals surface area contributed by atoms with Gasteiger partial charge in [-0.1, -0.05) is 70.0 Å². The molecule has 2 aromatic rings. The van der Waals surface area contributed by atoms with Gasteiger partial charge < -0.3 is 15.2 Å². The van der Waals surface area contributed by atoms with E-state index in [0.717, 1.165) is 24.0 Å². The molecule has 1 fully saturated rings. The fourth-order valence-electron chi connectivity index (χ4n) is 5.95. The Balaban J connectivity index is 1.81. The number of hydrogen-bond donors (Lipinski definition) is 2. The molecule has 1 amide bonds. The smallest absolute Gasteiger partial charge is 0.347 e. The highest BCUT2D eigenvalue weighted by Gasteiger charge is 2.40. The Hall–Kier alpha value is -2.28. The van der Waals surface area contributed by atoms with Crippen molar-refractivity contribution in [2.75, 3.05) is 11.9 Å². The summed E-state index contributed by atoms with van der Waals surface area (Å²) in [7, 11) is 0. The number of hydrogen-bond acceptors (Lipinski definition) is 4. The highest BCUT2D eigenvalue weighted by molar-refractivity contribution is 6.36. The maximum Gasteiger partial charge on any atom is 0.347 e. The Kier molecular flexibility index (Phi) is 10.0. The third-order valence-electron chi connectivity index (χ3n) is 7.50. The number of nitrogens with one attached hydrogen (secondary N) is 1. The third-order valence-corrected chi connectivity index (χ3v) is 8.05. The molecular formula is C31H42Cl2N2O4. The van der Waals surface area contributed by atoms with E-state index >= 15 is 0 Å². The predicted molar refractivity (Wildman–Crippen MR) is 159 cm³/mol. The van der Waals surface area contributed by atoms with Crippen LogP contribution in [0.4, 0.5) is 5.69 Å². The number of carboxylic acid groups (broad SMARTS) is 1. The lowest BCUT2D eigenvalue weighted by atomic mass is 9.82. The van der Waals surface area contributed by atoms with E-state index in [0.29, 0.717) is 46.3 Å². The second-order valence-corrected chi connectivity index (χ2v) is 13.4. The first-order chi connectivity index (χ1) is 18.1. The van der Waals surface area contributed by atoms with Crippen LogP contribution in [-0.4, -0.2) is 40.1 Å². The molecule has 0 saturated heterocycles. The standard InChI is InChI=1S/C31H42Cl2N2O4/c1-19-8-9-20(2)28(19)35(17-27(36)34-25-12-11-23(32)15-24(25)33)16-22-10-13-26(21(3)14-22)39-31(7,29(37)38)18-30(4,5)6/h10-15,19-20,28H,8-9,16-18H2,1-7H3,(H,34,36)(H,37,38). The van der Waals surface area contributed by atoms with E-state index in [1.54, 1.807) is 25.1 Å². The number of aliphatic carboxylic acids is 1. The van der Waals surface area contributed by atoms with E-state index in [4.69, 9.17) is 27.9 Å². The van der Waals surface area contributed by atoms with Crippen molar-refractivity contribution >= 4 is 40.8 Å². The molecule has 0 aromatic heterocycles. The summed E-state index contributed by atoms with van der Waals surface area (Å²) < 4.78 is 6.12. The molecule has 0 bridgehead atoms. The molecule has 39 heavy (non-hydrogen) atoms. The maximum absolute atomic E-state index is 13.2. The number of nitrogens with zero attached hydrogens (tertiary/aromatic N) is 1. The minimum absolute atomic E-state index is 0.137. The Labute approximate surface area is 243 Å². The molecule has 1 aliphatic carbocycles. The number of carbonyl (C=O) groups excluding carboxylic acids is 1. The zero-order chi connectivity index (χ0) is 29.1. The summed E-state index contributed by atoms with van der Waals surface area (Å²) in [6.45, 7) is 14.9. The molecule has 0 spiro atoms. The number of carbonyl (C=O) groups is 2. The number of halogens is 2. The van der Waals surface area contributed by atoms with E-state index in [1.165, 1.54) is 0 Å². The van der Waals surface area contributed by atoms with E-state index < -0.39 is 11.6 Å². The molecule has 2 aromatic carbocycles. The molecule has 214 valence electrons. The van der Waals surface area contributed by atoms with Crippen molar-refractivity contribution in [2.45, 2.75) is 85.9 Å². The summed E-state index contributed by atoms with van der Waals surface area (Å²) in [5, 5.41) is 13.8. The summed E-state index contributed by atoms with van der Waals surface area (Å²) in [6, 6.07) is 11.1. The van der Waals surface area contributed by atoms with Crippen molar-refractivity contribution in [1.82, 2.24) is 4.90 Å². The van der Waals surface area contributed by atoms with Crippen LogP contribution < -0.4 is 10.1 Å². The Morgan fingerprint density at radius 1 is 1.05 bits per heavy atom. The maximum atomic E-state index is 13.2. The van der Waals surface area contributed by atoms with Gasteiger partial charge in [-0.05, 0) is 79.3 Å². The van der Waals surface area contributed by atoms with Gasteiger partial charge in [0.25, 0.3) is 0 Å². The summed E-state index contributed by atoms with van der Waals surface area (Å²) in [6.07, 6.45) is 2.62. The van der Waals surface area contributed by atoms with Crippen molar-refractivity contribution < 1.29 is 19.4 Å². The molecule has 3 rings (SSSR count). The molecule has 0 radical (unpaired) electrons. The topological polar surface area (TPSA) is 78.9 Å². The number of benzene rings is 2. The van der Waals surface area contributed by atoms with Gasteiger partial charge in [-0.3, -0.25) is 9.69 Å². The van der Waals surface area contributed by atoms with Gasteiger partial charge in [-0.2, -0.15) is 0 Å². The van der Waals surface area contributed by atoms with Crippen LogP contribution in [0.15, 0.2) is 36.4 Å². The van der Waals surface area contributed by atoms with Crippen LogP contribution in [0.1, 0.15) is 71.9 Å². The average Bonchev–Trinajstić information content (AvgIpc) is 3.13. The lowest BCUT2D eigenvalue weighted by molar-refractivity contribution is -0.156. The first kappa shape index (κ1) is 31.3. The van der Waals surface area contributed by atoms with Crippen LogP contribution in [0.5, 0.6) is 5.75 Å². The first-order valence-corrected chi connectivity index (χ1v) is 14.3. The summed E-state index contributed by atoms with van der Waals surface area (Å²) in [4.78, 5) is 27.5. The molecule has 1 saturated carbocycles. The largest absolute Gasteiger partial charge is 0.478 e. The van der Waals surface area contributed by atoms with Gasteiger partial charge in [0, 0.05) is 24.0 Å². The zero-order valence-corrected chi connectivity index (χ0v) is 25.6. The van der Waals surface area contributed by atoms with E-state index in [-0.39, 0.29) is 23.9 Å². The second kappa shape index (κ2) is 12.5. The average molecular weight is 578 g/mol. The lowest BCUT2D eigenvalue weighted by Crippen LogP contribution is -2.45. The van der Waals surface area contributed by atoms with E-state index in [9.17, 15) is 14.7 Å². The molecule has 3 unspecified atom stereocenters. The fourth-order valence-corrected chi connectivity index (χ4v) is 6.40. The number of aryl methyl sites for hydroxylation is 1. The first-order valence-electron chi connectivity index (χ1n) is 13.6. The Morgan fingerprint density at radius 3 is 2.23 bits per heavy atom. The van der Waals surface area contributed by atoms with Crippen LogP contribution in [0.3, 0.4) is 0 Å². The summed E-state index contributed by atoms with van der Waals surface area (Å²) in [5.74, 6) is 0.357. The van der Waals surface area contributed by atoms with Gasteiger partial charge in [0.1, 0.15) is 5.75 Å². The zero-order valence-electron chi connectivity index (χ0n) is 24.1. The second-order valence-electron chi connectivity index (χ2n) is 12.6. The number of carboxylic acids is 1. The predicted octanol–water partition coefficient (Wildman–Crippen LogP) is 7.84. The van der Waals surface area contributed by atoms with Gasteiger partial charge in [0.15, 0.2) is 0 Å². The highest BCUT2D eigenvalue weighted by Crippen LogP contribution is 2.37. The minimum Gasteiger partial charge on any atom is -0.478 e. The number of anilines is 1. The van der Waals surface area contributed by atoms with Gasteiger partial charge >= 0.3 is 5.97 Å². The van der Waals surface area contributed by atoms with E-state index in [1.807, 2.05) is 45.9 Å². The summed E-state index contributed by atoms with van der Waals surface area (Å²) in [5.41, 5.74) is 0.877. The van der Waals surface area contributed by atoms with Crippen molar-refractivity contribution in [2.24, 2.45) is 17.3 Å². The van der Waals surface area contributed by atoms with Crippen molar-refractivity contribution in [3.63, 3.8) is 0 Å². The number of amides is 1. The van der Waals surface area contributed by atoms with Crippen molar-refractivity contribution in [3.05, 3.63) is 57.6 Å². The van der Waals surface area contributed by atoms with Gasteiger partial charge in [-0.15, -0.1) is 0 Å². The SMILES string of the molecule is Cc1cc(CN(CC(=O)Nc2ccc(Cl)cc2Cl)C2C(C)CCC2C)ccc1OC(C)(CC(C)(C)C)C(=O)O. The van der Waals surface area contributed by atoms with Crippen LogP contribution in [0.25, 0.3) is 0 Å². The molecule has 1 aliphatic rings. The molecule has 8 heteroatoms. The highest BCUT2D eigenvalue weighted by atomic mass is 35.5. The van der Waals surface area contributed by atoms with Crippen LogP contribution >= 0.6 is 23.2 Å². The van der Waals surface area contributed by atoms with E-state index in [2.05, 4.69) is 24.1 Å².